The summed E-state index contributed by atoms with van der Waals surface area (Å²) in [4.78, 5) is 24.4. The minimum Gasteiger partial charge on any atom is -0.300 e. The van der Waals surface area contributed by atoms with Gasteiger partial charge in [0.05, 0.1) is 0 Å². The highest BCUT2D eigenvalue weighted by atomic mass is 16.1. The van der Waals surface area contributed by atoms with Crippen LogP contribution in [0.5, 0.6) is 0 Å². The average Bonchev–Trinajstić information content (AvgIpc) is 2.81. The van der Waals surface area contributed by atoms with E-state index in [0.717, 1.165) is 17.5 Å². The summed E-state index contributed by atoms with van der Waals surface area (Å²) in [6.45, 7) is 10.1. The van der Waals surface area contributed by atoms with Crippen molar-refractivity contribution < 1.29 is 9.59 Å². The fourth-order valence-electron chi connectivity index (χ4n) is 3.08. The maximum absolute atomic E-state index is 12.7. The van der Waals surface area contributed by atoms with E-state index in [1.807, 2.05) is 45.0 Å². The van der Waals surface area contributed by atoms with Crippen molar-refractivity contribution in [3.05, 3.63) is 35.4 Å². The number of carbonyl (C=O) groups is 2. The van der Waals surface area contributed by atoms with Gasteiger partial charge in [-0.25, -0.2) is 0 Å². The zero-order valence-corrected chi connectivity index (χ0v) is 14.0. The predicted molar refractivity (Wildman–Crippen MR) is 87.6 cm³/mol. The Balaban J connectivity index is 0.00000106. The number of Topliss-reactive ketones (excluding diaryl/α,β-unsaturated/α-hetero) is 2. The second-order valence-corrected chi connectivity index (χ2v) is 5.87. The summed E-state index contributed by atoms with van der Waals surface area (Å²) < 4.78 is 0. The topological polar surface area (TPSA) is 34.1 Å². The molecular weight excluding hydrogens is 260 g/mol. The van der Waals surface area contributed by atoms with Gasteiger partial charge in [0.2, 0.25) is 0 Å². The molecule has 1 aliphatic rings. The van der Waals surface area contributed by atoms with Crippen LogP contribution in [0.25, 0.3) is 0 Å². The molecule has 2 heteroatoms. The van der Waals surface area contributed by atoms with Gasteiger partial charge < -0.3 is 0 Å². The van der Waals surface area contributed by atoms with Gasteiger partial charge in [-0.15, -0.1) is 0 Å². The number of ketones is 2. The molecule has 0 aliphatic heterocycles. The Bertz CT molecular complexity index is 502. The molecule has 2 rings (SSSR count). The van der Waals surface area contributed by atoms with Gasteiger partial charge in [-0.05, 0) is 24.3 Å². The molecule has 116 valence electrons. The van der Waals surface area contributed by atoms with Crippen molar-refractivity contribution in [2.45, 2.75) is 60.3 Å². The summed E-state index contributed by atoms with van der Waals surface area (Å²) in [6, 6.07) is 7.87. The molecule has 0 fully saturated rings. The summed E-state index contributed by atoms with van der Waals surface area (Å²) in [6.07, 6.45) is 2.56. The Hall–Kier alpha value is -1.44. The molecule has 0 bridgehead atoms. The molecule has 0 aromatic heterocycles. The first-order valence-corrected chi connectivity index (χ1v) is 8.15. The van der Waals surface area contributed by atoms with Crippen molar-refractivity contribution in [3.63, 3.8) is 0 Å². The Morgan fingerprint density at radius 1 is 1.24 bits per heavy atom. The highest BCUT2D eigenvalue weighted by molar-refractivity contribution is 6.05. The molecule has 0 radical (unpaired) electrons. The van der Waals surface area contributed by atoms with Crippen molar-refractivity contribution in [3.8, 4) is 0 Å². The largest absolute Gasteiger partial charge is 0.300 e. The van der Waals surface area contributed by atoms with E-state index in [0.29, 0.717) is 19.3 Å². The van der Waals surface area contributed by atoms with Crippen molar-refractivity contribution in [1.29, 1.82) is 0 Å². The molecule has 0 amide bonds. The third-order valence-corrected chi connectivity index (χ3v) is 4.57. The summed E-state index contributed by atoms with van der Waals surface area (Å²) in [5.41, 5.74) is 1.64. The number of carbonyl (C=O) groups excluding carboxylic acids is 2. The molecular formula is C19H28O2. The van der Waals surface area contributed by atoms with E-state index >= 15 is 0 Å². The summed E-state index contributed by atoms with van der Waals surface area (Å²) in [5.74, 6) is 0.753. The van der Waals surface area contributed by atoms with Crippen molar-refractivity contribution in [2.75, 3.05) is 0 Å². The molecule has 2 nitrogen and oxygen atoms in total. The van der Waals surface area contributed by atoms with Crippen LogP contribution in [0.4, 0.5) is 0 Å². The van der Waals surface area contributed by atoms with E-state index in [2.05, 4.69) is 13.8 Å². The van der Waals surface area contributed by atoms with Crippen LogP contribution >= 0.6 is 0 Å². The predicted octanol–water partition coefficient (Wildman–Crippen LogP) is 4.85. The van der Waals surface area contributed by atoms with Crippen LogP contribution in [0.2, 0.25) is 0 Å². The standard InChI is InChI=1S/C17H22O2.C2H6/c1-4-14(18)9-10-17(12(2)3)11-13-7-5-6-8-15(13)16(17)19;1-2/h5-8,12H,4,9-11H2,1-3H3;1-2H3. The number of benzene rings is 1. The van der Waals surface area contributed by atoms with Crippen molar-refractivity contribution in [2.24, 2.45) is 11.3 Å². The minimum absolute atomic E-state index is 0.238. The monoisotopic (exact) mass is 288 g/mol. The van der Waals surface area contributed by atoms with Gasteiger partial charge in [-0.2, -0.15) is 0 Å². The Morgan fingerprint density at radius 2 is 1.86 bits per heavy atom. The number of hydrogen-bond acceptors (Lipinski definition) is 2. The molecule has 1 aromatic carbocycles. The number of hydrogen-bond donors (Lipinski definition) is 0. The first kappa shape index (κ1) is 17.6. The lowest BCUT2D eigenvalue weighted by Crippen LogP contribution is -2.34. The molecule has 0 heterocycles. The molecule has 0 N–H and O–H groups in total. The highest BCUT2D eigenvalue weighted by Crippen LogP contribution is 2.45. The fourth-order valence-corrected chi connectivity index (χ4v) is 3.08. The van der Waals surface area contributed by atoms with E-state index in [1.54, 1.807) is 0 Å². The maximum Gasteiger partial charge on any atom is 0.169 e. The maximum atomic E-state index is 12.7. The Morgan fingerprint density at radius 3 is 2.38 bits per heavy atom. The van der Waals surface area contributed by atoms with Crippen LogP contribution in [-0.2, 0) is 11.2 Å². The summed E-state index contributed by atoms with van der Waals surface area (Å²) in [5, 5.41) is 0. The third-order valence-electron chi connectivity index (χ3n) is 4.57. The summed E-state index contributed by atoms with van der Waals surface area (Å²) >= 11 is 0. The Kier molecular flexibility index (Phi) is 6.32. The molecule has 1 aromatic rings. The van der Waals surface area contributed by atoms with Gasteiger partial charge in [0.25, 0.3) is 0 Å². The average molecular weight is 288 g/mol. The lowest BCUT2D eigenvalue weighted by Gasteiger charge is -2.31. The third kappa shape index (κ3) is 3.42. The van der Waals surface area contributed by atoms with E-state index < -0.39 is 0 Å². The van der Waals surface area contributed by atoms with Crippen molar-refractivity contribution in [1.82, 2.24) is 0 Å². The number of rotatable bonds is 5. The van der Waals surface area contributed by atoms with Crippen molar-refractivity contribution >= 4 is 11.6 Å². The quantitative estimate of drug-likeness (QED) is 0.776. The fraction of sp³-hybridized carbons (Fsp3) is 0.579. The van der Waals surface area contributed by atoms with Crippen LogP contribution in [0.15, 0.2) is 24.3 Å². The van der Waals surface area contributed by atoms with Crippen LogP contribution in [0.3, 0.4) is 0 Å². The molecule has 1 atom stereocenters. The second-order valence-electron chi connectivity index (χ2n) is 5.87. The van der Waals surface area contributed by atoms with Gasteiger partial charge in [0, 0.05) is 23.8 Å². The molecule has 1 aliphatic carbocycles. The number of fused-ring (bicyclic) bond motifs is 1. The van der Waals surface area contributed by atoms with Crippen LogP contribution in [0, 0.1) is 11.3 Å². The van der Waals surface area contributed by atoms with Crippen LogP contribution in [-0.4, -0.2) is 11.6 Å². The molecule has 0 saturated heterocycles. The highest BCUT2D eigenvalue weighted by Gasteiger charge is 2.47. The van der Waals surface area contributed by atoms with Gasteiger partial charge >= 0.3 is 0 Å². The first-order valence-electron chi connectivity index (χ1n) is 8.15. The lowest BCUT2D eigenvalue weighted by atomic mass is 9.70. The van der Waals surface area contributed by atoms with E-state index in [-0.39, 0.29) is 22.9 Å². The SMILES string of the molecule is CC.CCC(=O)CCC1(C(C)C)Cc2ccccc2C1=O. The smallest absolute Gasteiger partial charge is 0.169 e. The zero-order chi connectivity index (χ0) is 16.0. The first-order chi connectivity index (χ1) is 10.0. The van der Waals surface area contributed by atoms with Gasteiger partial charge in [-0.3, -0.25) is 9.59 Å². The second kappa shape index (κ2) is 7.53. The van der Waals surface area contributed by atoms with Crippen LogP contribution in [0.1, 0.15) is 69.8 Å². The Labute approximate surface area is 128 Å². The minimum atomic E-state index is -0.367. The van der Waals surface area contributed by atoms with Gasteiger partial charge in [0.15, 0.2) is 5.78 Å². The van der Waals surface area contributed by atoms with Gasteiger partial charge in [-0.1, -0.05) is 58.9 Å². The zero-order valence-electron chi connectivity index (χ0n) is 14.0. The molecule has 0 spiro atoms. The van der Waals surface area contributed by atoms with E-state index in [4.69, 9.17) is 0 Å². The molecule has 1 unspecified atom stereocenters. The van der Waals surface area contributed by atoms with E-state index in [9.17, 15) is 9.59 Å². The van der Waals surface area contributed by atoms with Gasteiger partial charge in [0.1, 0.15) is 5.78 Å². The normalized spacial score (nSPS) is 20.0. The van der Waals surface area contributed by atoms with Crippen LogP contribution < -0.4 is 0 Å². The lowest BCUT2D eigenvalue weighted by molar-refractivity contribution is -0.119. The molecule has 0 saturated carbocycles. The van der Waals surface area contributed by atoms with E-state index in [1.165, 1.54) is 0 Å². The molecule has 21 heavy (non-hydrogen) atoms. The summed E-state index contributed by atoms with van der Waals surface area (Å²) in [7, 11) is 0.